The van der Waals surface area contributed by atoms with Crippen LogP contribution in [0.25, 0.3) is 0 Å². The third-order valence-corrected chi connectivity index (χ3v) is 2.72. The fraction of sp³-hybridized carbons (Fsp3) is 0.533. The molecule has 18 heavy (non-hydrogen) atoms. The molecule has 0 bridgehead atoms. The van der Waals surface area contributed by atoms with Gasteiger partial charge in [-0.3, -0.25) is 0 Å². The molecule has 1 aromatic rings. The monoisotopic (exact) mass is 246 g/mol. The van der Waals surface area contributed by atoms with E-state index in [0.29, 0.717) is 5.56 Å². The molecule has 3 heteroatoms. The molecule has 0 aliphatic rings. The molecular formula is C15H22N2O. The summed E-state index contributed by atoms with van der Waals surface area (Å²) in [6.45, 7) is 6.62. The molecule has 1 rings (SSSR count). The van der Waals surface area contributed by atoms with Crippen molar-refractivity contribution < 1.29 is 4.74 Å². The number of benzene rings is 1. The van der Waals surface area contributed by atoms with Crippen LogP contribution < -0.4 is 5.32 Å². The zero-order valence-electron chi connectivity index (χ0n) is 11.3. The second-order valence-corrected chi connectivity index (χ2v) is 4.41. The van der Waals surface area contributed by atoms with Gasteiger partial charge in [0.1, 0.15) is 6.07 Å². The van der Waals surface area contributed by atoms with Gasteiger partial charge in [-0.1, -0.05) is 19.4 Å². The molecule has 0 unspecified atom stereocenters. The Labute approximate surface area is 110 Å². The van der Waals surface area contributed by atoms with E-state index < -0.39 is 0 Å². The molecule has 0 amide bonds. The zero-order chi connectivity index (χ0) is 13.2. The highest BCUT2D eigenvalue weighted by atomic mass is 16.5. The van der Waals surface area contributed by atoms with Crippen LogP contribution in [0.1, 0.15) is 37.3 Å². The van der Waals surface area contributed by atoms with Crippen molar-refractivity contribution in [2.24, 2.45) is 0 Å². The van der Waals surface area contributed by atoms with E-state index in [9.17, 15) is 0 Å². The molecule has 0 saturated heterocycles. The molecular weight excluding hydrogens is 224 g/mol. The smallest absolute Gasteiger partial charge is 0.101 e. The summed E-state index contributed by atoms with van der Waals surface area (Å²) in [5.74, 6) is 0. The van der Waals surface area contributed by atoms with E-state index in [1.807, 2.05) is 25.1 Å². The quantitative estimate of drug-likeness (QED) is 0.714. The summed E-state index contributed by atoms with van der Waals surface area (Å²) >= 11 is 0. The predicted octanol–water partition coefficient (Wildman–Crippen LogP) is 3.49. The topological polar surface area (TPSA) is 45.0 Å². The molecule has 0 aliphatic carbocycles. The van der Waals surface area contributed by atoms with E-state index in [2.05, 4.69) is 18.3 Å². The van der Waals surface area contributed by atoms with Crippen LogP contribution >= 0.6 is 0 Å². The minimum absolute atomic E-state index is 0.710. The van der Waals surface area contributed by atoms with Crippen LogP contribution in [0.3, 0.4) is 0 Å². The first kappa shape index (κ1) is 14.5. The number of nitrogens with one attached hydrogen (secondary N) is 1. The van der Waals surface area contributed by atoms with Gasteiger partial charge in [0.2, 0.25) is 0 Å². The number of hydrogen-bond acceptors (Lipinski definition) is 3. The van der Waals surface area contributed by atoms with Crippen LogP contribution in [-0.2, 0) is 4.74 Å². The van der Waals surface area contributed by atoms with Crippen molar-refractivity contribution in [1.82, 2.24) is 0 Å². The average Bonchev–Trinajstić information content (AvgIpc) is 2.39. The molecule has 0 aliphatic heterocycles. The van der Waals surface area contributed by atoms with Gasteiger partial charge in [0.15, 0.2) is 0 Å². The minimum Gasteiger partial charge on any atom is -0.384 e. The number of nitrogens with zero attached hydrogens (tertiary/aromatic N) is 1. The number of hydrogen-bond donors (Lipinski definition) is 1. The lowest BCUT2D eigenvalue weighted by atomic mass is 10.1. The fourth-order valence-corrected chi connectivity index (χ4v) is 1.65. The molecule has 1 N–H and O–H groups in total. The number of rotatable bonds is 8. The molecule has 98 valence electrons. The van der Waals surface area contributed by atoms with Crippen LogP contribution in [0.4, 0.5) is 5.69 Å². The third kappa shape index (κ3) is 5.20. The lowest BCUT2D eigenvalue weighted by molar-refractivity contribution is 0.131. The van der Waals surface area contributed by atoms with Gasteiger partial charge in [0.05, 0.1) is 11.3 Å². The summed E-state index contributed by atoms with van der Waals surface area (Å²) in [5.41, 5.74) is 2.73. The highest BCUT2D eigenvalue weighted by Crippen LogP contribution is 2.16. The van der Waals surface area contributed by atoms with E-state index in [-0.39, 0.29) is 0 Å². The Morgan fingerprint density at radius 1 is 1.28 bits per heavy atom. The maximum Gasteiger partial charge on any atom is 0.101 e. The van der Waals surface area contributed by atoms with Crippen molar-refractivity contribution in [2.45, 2.75) is 33.1 Å². The summed E-state index contributed by atoms with van der Waals surface area (Å²) in [4.78, 5) is 0. The van der Waals surface area contributed by atoms with Gasteiger partial charge in [-0.25, -0.2) is 0 Å². The number of unbranched alkanes of at least 4 members (excludes halogenated alkanes) is 1. The zero-order valence-corrected chi connectivity index (χ0v) is 11.3. The highest BCUT2D eigenvalue weighted by Gasteiger charge is 2.00. The molecule has 0 heterocycles. The van der Waals surface area contributed by atoms with Crippen molar-refractivity contribution in [3.8, 4) is 6.07 Å². The maximum absolute atomic E-state index is 9.03. The van der Waals surface area contributed by atoms with Gasteiger partial charge >= 0.3 is 0 Å². The predicted molar refractivity (Wildman–Crippen MR) is 74.7 cm³/mol. The first-order chi connectivity index (χ1) is 8.77. The van der Waals surface area contributed by atoms with Gasteiger partial charge in [-0.2, -0.15) is 5.26 Å². The van der Waals surface area contributed by atoms with Gasteiger partial charge in [0.25, 0.3) is 0 Å². The van der Waals surface area contributed by atoms with Crippen LogP contribution in [0, 0.1) is 18.3 Å². The molecule has 0 aromatic heterocycles. The fourth-order valence-electron chi connectivity index (χ4n) is 1.65. The first-order valence-corrected chi connectivity index (χ1v) is 6.60. The third-order valence-electron chi connectivity index (χ3n) is 2.72. The van der Waals surface area contributed by atoms with Gasteiger partial charge < -0.3 is 10.1 Å². The van der Waals surface area contributed by atoms with Gasteiger partial charge in [-0.05, 0) is 37.5 Å². The van der Waals surface area contributed by atoms with E-state index >= 15 is 0 Å². The number of ether oxygens (including phenoxy) is 1. The van der Waals surface area contributed by atoms with Crippen molar-refractivity contribution in [2.75, 3.05) is 25.1 Å². The number of anilines is 1. The molecule has 0 saturated carbocycles. The van der Waals surface area contributed by atoms with Crippen LogP contribution in [0.2, 0.25) is 0 Å². The lowest BCUT2D eigenvalue weighted by Gasteiger charge is -2.09. The van der Waals surface area contributed by atoms with E-state index in [1.165, 1.54) is 6.42 Å². The molecule has 1 aromatic carbocycles. The lowest BCUT2D eigenvalue weighted by Crippen LogP contribution is -2.07. The summed E-state index contributed by atoms with van der Waals surface area (Å²) < 4.78 is 5.48. The first-order valence-electron chi connectivity index (χ1n) is 6.60. The maximum atomic E-state index is 9.03. The molecule has 0 fully saturated rings. The Morgan fingerprint density at radius 2 is 2.06 bits per heavy atom. The number of nitriles is 1. The molecule has 3 nitrogen and oxygen atoms in total. The summed E-state index contributed by atoms with van der Waals surface area (Å²) in [5, 5.41) is 12.3. The van der Waals surface area contributed by atoms with Crippen molar-refractivity contribution >= 4 is 5.69 Å². The summed E-state index contributed by atoms with van der Waals surface area (Å²) in [6.07, 6.45) is 3.26. The Kier molecular flexibility index (Phi) is 6.90. The van der Waals surface area contributed by atoms with E-state index in [4.69, 9.17) is 10.00 Å². The Balaban J connectivity index is 2.25. The largest absolute Gasteiger partial charge is 0.384 e. The highest BCUT2D eigenvalue weighted by molar-refractivity contribution is 5.58. The minimum atomic E-state index is 0.710. The van der Waals surface area contributed by atoms with Crippen LogP contribution in [0.15, 0.2) is 18.2 Å². The van der Waals surface area contributed by atoms with Gasteiger partial charge in [0, 0.05) is 19.8 Å². The average molecular weight is 246 g/mol. The second kappa shape index (κ2) is 8.54. The van der Waals surface area contributed by atoms with E-state index in [0.717, 1.165) is 43.9 Å². The van der Waals surface area contributed by atoms with E-state index in [1.54, 1.807) is 0 Å². The van der Waals surface area contributed by atoms with Crippen LogP contribution in [0.5, 0.6) is 0 Å². The van der Waals surface area contributed by atoms with Crippen molar-refractivity contribution in [3.63, 3.8) is 0 Å². The van der Waals surface area contributed by atoms with Gasteiger partial charge in [-0.15, -0.1) is 0 Å². The SMILES string of the molecule is CCCCOCCCNc1ccc(C)cc1C#N. The van der Waals surface area contributed by atoms with Crippen molar-refractivity contribution in [3.05, 3.63) is 29.3 Å². The summed E-state index contributed by atoms with van der Waals surface area (Å²) in [6, 6.07) is 8.09. The normalized spacial score (nSPS) is 10.1. The standard InChI is InChI=1S/C15H22N2O/c1-3-4-9-18-10-5-8-17-15-7-6-13(2)11-14(15)12-16/h6-7,11,17H,3-5,8-10H2,1-2H3. The number of aryl methyl sites for hydroxylation is 1. The van der Waals surface area contributed by atoms with Crippen LogP contribution in [-0.4, -0.2) is 19.8 Å². The summed E-state index contributed by atoms with van der Waals surface area (Å²) in [7, 11) is 0. The van der Waals surface area contributed by atoms with Crippen molar-refractivity contribution in [1.29, 1.82) is 5.26 Å². The Bertz CT molecular complexity index is 396. The molecule has 0 radical (unpaired) electrons. The molecule has 0 atom stereocenters. The molecule has 0 spiro atoms. The second-order valence-electron chi connectivity index (χ2n) is 4.41. The Morgan fingerprint density at radius 3 is 2.78 bits per heavy atom. The Hall–Kier alpha value is -1.53.